The molecule has 1 amide bonds. The zero-order valence-corrected chi connectivity index (χ0v) is 13.8. The van der Waals surface area contributed by atoms with Crippen LogP contribution in [0.2, 0.25) is 0 Å². The lowest BCUT2D eigenvalue weighted by Gasteiger charge is -2.05. The number of H-pyrrole nitrogens is 1. The smallest absolute Gasteiger partial charge is 0.273 e. The summed E-state index contributed by atoms with van der Waals surface area (Å²) in [7, 11) is 0. The fraction of sp³-hybridized carbons (Fsp3) is 0.0588. The molecule has 0 radical (unpaired) electrons. The lowest BCUT2D eigenvalue weighted by molar-refractivity contribution is 0.102. The Morgan fingerprint density at radius 2 is 1.91 bits per heavy atom. The molecule has 116 valence electrons. The third kappa shape index (κ3) is 3.48. The summed E-state index contributed by atoms with van der Waals surface area (Å²) in [5.74, 6) is -0.915. The highest BCUT2D eigenvalue weighted by Crippen LogP contribution is 2.21. The lowest BCUT2D eigenvalue weighted by Crippen LogP contribution is -2.13. The van der Waals surface area contributed by atoms with Crippen molar-refractivity contribution in [3.05, 3.63) is 70.1 Å². The average Bonchev–Trinajstić information content (AvgIpc) is 3.02. The first-order valence-corrected chi connectivity index (χ1v) is 7.71. The highest BCUT2D eigenvalue weighted by molar-refractivity contribution is 9.10. The molecule has 0 atom stereocenters. The van der Waals surface area contributed by atoms with Crippen LogP contribution in [-0.4, -0.2) is 16.1 Å². The number of carbonyl (C=O) groups is 1. The van der Waals surface area contributed by atoms with Crippen LogP contribution in [0.5, 0.6) is 0 Å². The Morgan fingerprint density at radius 1 is 1.17 bits per heavy atom. The largest absolute Gasteiger partial charge is 0.318 e. The van der Waals surface area contributed by atoms with E-state index in [0.717, 1.165) is 15.6 Å². The van der Waals surface area contributed by atoms with Crippen molar-refractivity contribution in [1.82, 2.24) is 10.2 Å². The van der Waals surface area contributed by atoms with Gasteiger partial charge in [-0.05, 0) is 42.8 Å². The van der Waals surface area contributed by atoms with E-state index >= 15 is 0 Å². The van der Waals surface area contributed by atoms with E-state index in [1.54, 1.807) is 18.2 Å². The minimum atomic E-state index is -0.475. The van der Waals surface area contributed by atoms with Crippen LogP contribution >= 0.6 is 15.9 Å². The van der Waals surface area contributed by atoms with Gasteiger partial charge in [-0.1, -0.05) is 34.1 Å². The molecule has 6 heteroatoms. The van der Waals surface area contributed by atoms with Gasteiger partial charge in [-0.15, -0.1) is 0 Å². The molecule has 2 aromatic carbocycles. The number of amides is 1. The molecule has 0 unspecified atom stereocenters. The SMILES string of the molecule is Cc1ccc(F)c(NC(=O)c2cc(-c3ccc(Br)cc3)n[nH]2)c1. The molecule has 1 heterocycles. The van der Waals surface area contributed by atoms with Gasteiger partial charge in [0, 0.05) is 10.0 Å². The molecule has 0 aliphatic heterocycles. The highest BCUT2D eigenvalue weighted by atomic mass is 79.9. The first kappa shape index (κ1) is 15.4. The van der Waals surface area contributed by atoms with E-state index in [1.165, 1.54) is 6.07 Å². The fourth-order valence-electron chi connectivity index (χ4n) is 2.13. The molecule has 0 saturated heterocycles. The van der Waals surface area contributed by atoms with Crippen LogP contribution in [-0.2, 0) is 0 Å². The molecular weight excluding hydrogens is 361 g/mol. The molecule has 23 heavy (non-hydrogen) atoms. The fourth-order valence-corrected chi connectivity index (χ4v) is 2.40. The number of hydrogen-bond acceptors (Lipinski definition) is 2. The molecule has 0 aliphatic carbocycles. The van der Waals surface area contributed by atoms with E-state index < -0.39 is 11.7 Å². The Balaban J connectivity index is 1.81. The van der Waals surface area contributed by atoms with E-state index in [-0.39, 0.29) is 11.4 Å². The van der Waals surface area contributed by atoms with Crippen molar-refractivity contribution in [1.29, 1.82) is 0 Å². The molecule has 2 N–H and O–H groups in total. The highest BCUT2D eigenvalue weighted by Gasteiger charge is 2.13. The first-order valence-electron chi connectivity index (χ1n) is 6.92. The van der Waals surface area contributed by atoms with Gasteiger partial charge in [-0.25, -0.2) is 4.39 Å². The molecule has 0 saturated carbocycles. The minimum absolute atomic E-state index is 0.148. The monoisotopic (exact) mass is 373 g/mol. The number of aromatic amines is 1. The van der Waals surface area contributed by atoms with Crippen LogP contribution in [0.15, 0.2) is 53.0 Å². The van der Waals surface area contributed by atoms with Crippen LogP contribution in [0.1, 0.15) is 16.1 Å². The van der Waals surface area contributed by atoms with Gasteiger partial charge in [0.1, 0.15) is 11.5 Å². The molecule has 0 fully saturated rings. The summed E-state index contributed by atoms with van der Waals surface area (Å²) >= 11 is 3.37. The number of rotatable bonds is 3. The first-order chi connectivity index (χ1) is 11.0. The number of anilines is 1. The third-order valence-electron chi connectivity index (χ3n) is 3.33. The number of aromatic nitrogens is 2. The quantitative estimate of drug-likeness (QED) is 0.707. The summed E-state index contributed by atoms with van der Waals surface area (Å²) in [5.41, 5.74) is 2.80. The molecule has 4 nitrogen and oxygen atoms in total. The van der Waals surface area contributed by atoms with Gasteiger partial charge in [0.25, 0.3) is 5.91 Å². The molecule has 0 aliphatic rings. The van der Waals surface area contributed by atoms with Crippen molar-refractivity contribution < 1.29 is 9.18 Å². The van der Waals surface area contributed by atoms with E-state index in [0.29, 0.717) is 5.69 Å². The second-order valence-corrected chi connectivity index (χ2v) is 6.03. The Bertz CT molecular complexity index is 859. The average molecular weight is 374 g/mol. The molecule has 0 spiro atoms. The standard InChI is InChI=1S/C17H13BrFN3O/c1-10-2-7-13(19)15(8-10)20-17(23)16-9-14(21-22-16)11-3-5-12(18)6-4-11/h2-9H,1H3,(H,20,23)(H,21,22). The topological polar surface area (TPSA) is 57.8 Å². The van der Waals surface area contributed by atoms with Crippen molar-refractivity contribution in [2.24, 2.45) is 0 Å². The Labute approximate surface area is 140 Å². The number of aryl methyl sites for hydroxylation is 1. The van der Waals surface area contributed by atoms with E-state index in [9.17, 15) is 9.18 Å². The van der Waals surface area contributed by atoms with E-state index in [1.807, 2.05) is 31.2 Å². The van der Waals surface area contributed by atoms with Gasteiger partial charge in [-0.2, -0.15) is 5.10 Å². The zero-order chi connectivity index (χ0) is 16.4. The predicted octanol–water partition coefficient (Wildman–Crippen LogP) is 4.54. The van der Waals surface area contributed by atoms with Crippen molar-refractivity contribution in [2.75, 3.05) is 5.32 Å². The van der Waals surface area contributed by atoms with Crippen LogP contribution in [0.4, 0.5) is 10.1 Å². The maximum atomic E-state index is 13.7. The molecule has 0 bridgehead atoms. The van der Waals surface area contributed by atoms with Crippen molar-refractivity contribution in [3.63, 3.8) is 0 Å². The molecule has 3 aromatic rings. The summed E-state index contributed by atoms with van der Waals surface area (Å²) in [5, 5.41) is 9.35. The number of nitrogens with one attached hydrogen (secondary N) is 2. The van der Waals surface area contributed by atoms with Gasteiger partial charge in [-0.3, -0.25) is 9.89 Å². The van der Waals surface area contributed by atoms with Crippen molar-refractivity contribution >= 4 is 27.5 Å². The summed E-state index contributed by atoms with van der Waals surface area (Å²) < 4.78 is 14.7. The van der Waals surface area contributed by atoms with Crippen LogP contribution in [0.3, 0.4) is 0 Å². The van der Waals surface area contributed by atoms with E-state index in [4.69, 9.17) is 0 Å². The zero-order valence-electron chi connectivity index (χ0n) is 12.2. The minimum Gasteiger partial charge on any atom is -0.318 e. The summed E-state index contributed by atoms with van der Waals surface area (Å²) in [6, 6.07) is 13.8. The normalized spacial score (nSPS) is 10.6. The van der Waals surface area contributed by atoms with E-state index in [2.05, 4.69) is 31.4 Å². The van der Waals surface area contributed by atoms with Gasteiger partial charge in [0.15, 0.2) is 0 Å². The van der Waals surface area contributed by atoms with Gasteiger partial charge >= 0.3 is 0 Å². The van der Waals surface area contributed by atoms with Crippen molar-refractivity contribution in [3.8, 4) is 11.3 Å². The maximum absolute atomic E-state index is 13.7. The molecule has 1 aromatic heterocycles. The third-order valence-corrected chi connectivity index (χ3v) is 3.86. The van der Waals surface area contributed by atoms with Crippen molar-refractivity contribution in [2.45, 2.75) is 6.92 Å². The number of halogens is 2. The summed E-state index contributed by atoms with van der Waals surface area (Å²) in [4.78, 5) is 12.2. The number of benzene rings is 2. The Kier molecular flexibility index (Phi) is 4.25. The number of hydrogen-bond donors (Lipinski definition) is 2. The Morgan fingerprint density at radius 3 is 2.65 bits per heavy atom. The summed E-state index contributed by atoms with van der Waals surface area (Å²) in [6.07, 6.45) is 0. The maximum Gasteiger partial charge on any atom is 0.273 e. The predicted molar refractivity (Wildman–Crippen MR) is 90.8 cm³/mol. The number of nitrogens with zero attached hydrogens (tertiary/aromatic N) is 1. The van der Waals surface area contributed by atoms with Gasteiger partial charge in [0.2, 0.25) is 0 Å². The molecule has 3 rings (SSSR count). The molecular formula is C17H13BrFN3O. The van der Waals surface area contributed by atoms with Gasteiger partial charge in [0.05, 0.1) is 11.4 Å². The Hall–Kier alpha value is -2.47. The number of carbonyl (C=O) groups excluding carboxylic acids is 1. The van der Waals surface area contributed by atoms with Crippen LogP contribution < -0.4 is 5.32 Å². The van der Waals surface area contributed by atoms with Crippen LogP contribution in [0, 0.1) is 12.7 Å². The lowest BCUT2D eigenvalue weighted by atomic mass is 10.1. The van der Waals surface area contributed by atoms with Crippen LogP contribution in [0.25, 0.3) is 11.3 Å². The van der Waals surface area contributed by atoms with Gasteiger partial charge < -0.3 is 5.32 Å². The second-order valence-electron chi connectivity index (χ2n) is 5.11. The summed E-state index contributed by atoms with van der Waals surface area (Å²) in [6.45, 7) is 1.83. The second kappa shape index (κ2) is 6.34.